The SMILES string of the molecule is CCCCCCCCCCCCCCC1=NC=C[N+]1(CC(=O)O)C(C)N. The van der Waals surface area contributed by atoms with E-state index in [4.69, 9.17) is 5.73 Å². The van der Waals surface area contributed by atoms with Gasteiger partial charge in [-0.25, -0.2) is 14.3 Å². The average molecular weight is 367 g/mol. The minimum atomic E-state index is -0.837. The summed E-state index contributed by atoms with van der Waals surface area (Å²) in [5.74, 6) is 0.0609. The van der Waals surface area contributed by atoms with E-state index < -0.39 is 5.97 Å². The zero-order valence-corrected chi connectivity index (χ0v) is 17.0. The van der Waals surface area contributed by atoms with E-state index in [2.05, 4.69) is 11.9 Å². The molecule has 1 aliphatic rings. The number of hydrogen-bond donors (Lipinski definition) is 2. The lowest BCUT2D eigenvalue weighted by molar-refractivity contribution is -0.805. The summed E-state index contributed by atoms with van der Waals surface area (Å²) < 4.78 is 0.174. The number of quaternary nitrogens is 1. The topological polar surface area (TPSA) is 75.7 Å². The van der Waals surface area contributed by atoms with Crippen LogP contribution in [0.1, 0.15) is 97.3 Å². The third-order valence-electron chi connectivity index (χ3n) is 5.41. The van der Waals surface area contributed by atoms with Gasteiger partial charge >= 0.3 is 5.97 Å². The van der Waals surface area contributed by atoms with Crippen molar-refractivity contribution in [2.75, 3.05) is 6.54 Å². The Labute approximate surface area is 160 Å². The van der Waals surface area contributed by atoms with Crippen LogP contribution >= 0.6 is 0 Å². The van der Waals surface area contributed by atoms with Crippen LogP contribution in [-0.4, -0.2) is 34.1 Å². The van der Waals surface area contributed by atoms with Crippen LogP contribution in [0.5, 0.6) is 0 Å². The summed E-state index contributed by atoms with van der Waals surface area (Å²) in [6, 6.07) is 0. The van der Waals surface area contributed by atoms with Crippen LogP contribution < -0.4 is 5.73 Å². The van der Waals surface area contributed by atoms with E-state index in [1.807, 2.05) is 13.1 Å². The predicted molar refractivity (Wildman–Crippen MR) is 109 cm³/mol. The van der Waals surface area contributed by atoms with Gasteiger partial charge in [0.1, 0.15) is 12.4 Å². The number of aliphatic imine (C=N–C) groups is 1. The Kier molecular flexibility index (Phi) is 11.5. The molecule has 5 nitrogen and oxygen atoms in total. The second-order valence-electron chi connectivity index (χ2n) is 7.71. The van der Waals surface area contributed by atoms with Gasteiger partial charge in [0.2, 0.25) is 5.84 Å². The molecule has 0 saturated heterocycles. The number of unbranched alkanes of at least 4 members (excludes halogenated alkanes) is 11. The third kappa shape index (κ3) is 8.00. The Hall–Kier alpha value is -1.20. The molecule has 1 rings (SSSR count). The number of nitrogens with two attached hydrogens (primary N) is 1. The van der Waals surface area contributed by atoms with Gasteiger partial charge in [-0.15, -0.1) is 0 Å². The van der Waals surface area contributed by atoms with Crippen LogP contribution in [0.15, 0.2) is 17.4 Å². The largest absolute Gasteiger partial charge is 0.477 e. The number of aliphatic carboxylic acids is 1. The molecule has 2 unspecified atom stereocenters. The van der Waals surface area contributed by atoms with Crippen LogP contribution in [0.4, 0.5) is 0 Å². The van der Waals surface area contributed by atoms with E-state index in [1.165, 1.54) is 70.6 Å². The summed E-state index contributed by atoms with van der Waals surface area (Å²) in [6.07, 6.45) is 19.9. The number of hydrogen-bond acceptors (Lipinski definition) is 3. The molecule has 0 amide bonds. The Bertz CT molecular complexity index is 460. The average Bonchev–Trinajstić information content (AvgIpc) is 2.99. The molecule has 0 spiro atoms. The van der Waals surface area contributed by atoms with Crippen molar-refractivity contribution < 1.29 is 14.4 Å². The molecule has 1 heterocycles. The van der Waals surface area contributed by atoms with E-state index >= 15 is 0 Å². The molecule has 0 saturated carbocycles. The molecule has 150 valence electrons. The fourth-order valence-corrected chi connectivity index (χ4v) is 3.71. The van der Waals surface area contributed by atoms with Crippen LogP contribution in [-0.2, 0) is 4.79 Å². The maximum absolute atomic E-state index is 11.2. The number of carboxylic acid groups (broad SMARTS) is 1. The number of carbonyl (C=O) groups is 1. The van der Waals surface area contributed by atoms with Gasteiger partial charge in [0.05, 0.1) is 6.20 Å². The van der Waals surface area contributed by atoms with Crippen LogP contribution in [0.3, 0.4) is 0 Å². The highest BCUT2D eigenvalue weighted by Gasteiger charge is 2.40. The van der Waals surface area contributed by atoms with Crippen molar-refractivity contribution in [3.63, 3.8) is 0 Å². The Morgan fingerprint density at radius 3 is 2.00 bits per heavy atom. The molecule has 26 heavy (non-hydrogen) atoms. The fraction of sp³-hybridized carbons (Fsp3) is 0.810. The van der Waals surface area contributed by atoms with E-state index in [0.29, 0.717) is 0 Å². The molecule has 0 aromatic carbocycles. The molecule has 0 fully saturated rings. The van der Waals surface area contributed by atoms with Crippen molar-refractivity contribution in [2.24, 2.45) is 10.7 Å². The van der Waals surface area contributed by atoms with E-state index in [9.17, 15) is 9.90 Å². The van der Waals surface area contributed by atoms with Crippen molar-refractivity contribution in [3.8, 4) is 0 Å². The zero-order chi connectivity index (χ0) is 19.3. The van der Waals surface area contributed by atoms with Crippen molar-refractivity contribution in [1.82, 2.24) is 0 Å². The molecule has 0 bridgehead atoms. The molecule has 0 radical (unpaired) electrons. The lowest BCUT2D eigenvalue weighted by Gasteiger charge is -2.34. The Morgan fingerprint density at radius 1 is 1.04 bits per heavy atom. The molecule has 1 aliphatic heterocycles. The second-order valence-corrected chi connectivity index (χ2v) is 7.71. The monoisotopic (exact) mass is 366 g/mol. The number of carboxylic acids is 1. The molecule has 2 atom stereocenters. The second kappa shape index (κ2) is 13.0. The number of nitrogens with zero attached hydrogens (tertiary/aromatic N) is 2. The Morgan fingerprint density at radius 2 is 1.54 bits per heavy atom. The van der Waals surface area contributed by atoms with Crippen molar-refractivity contribution in [1.29, 1.82) is 0 Å². The van der Waals surface area contributed by atoms with E-state index in [-0.39, 0.29) is 17.2 Å². The van der Waals surface area contributed by atoms with Gasteiger partial charge in [0.25, 0.3) is 0 Å². The zero-order valence-electron chi connectivity index (χ0n) is 17.0. The van der Waals surface area contributed by atoms with Gasteiger partial charge in [0, 0.05) is 13.3 Å². The van der Waals surface area contributed by atoms with Crippen LogP contribution in [0.2, 0.25) is 0 Å². The predicted octanol–water partition coefficient (Wildman–Crippen LogP) is 5.17. The molecule has 0 aliphatic carbocycles. The maximum atomic E-state index is 11.2. The molecule has 5 heteroatoms. The normalized spacial score (nSPS) is 20.3. The van der Waals surface area contributed by atoms with Gasteiger partial charge < -0.3 is 5.11 Å². The van der Waals surface area contributed by atoms with Gasteiger partial charge in [-0.1, -0.05) is 77.6 Å². The highest BCUT2D eigenvalue weighted by molar-refractivity contribution is 5.81. The summed E-state index contributed by atoms with van der Waals surface area (Å²) in [7, 11) is 0. The molecule has 3 N–H and O–H groups in total. The van der Waals surface area contributed by atoms with Crippen molar-refractivity contribution >= 4 is 11.8 Å². The third-order valence-corrected chi connectivity index (χ3v) is 5.41. The summed E-state index contributed by atoms with van der Waals surface area (Å²) in [6.45, 7) is 4.10. The van der Waals surface area contributed by atoms with Gasteiger partial charge in [0.15, 0.2) is 6.54 Å². The first kappa shape index (κ1) is 22.8. The quantitative estimate of drug-likeness (QED) is 0.292. The Balaban J connectivity index is 2.11. The highest BCUT2D eigenvalue weighted by Crippen LogP contribution is 2.23. The smallest absolute Gasteiger partial charge is 0.360 e. The molecule has 0 aromatic rings. The van der Waals surface area contributed by atoms with Gasteiger partial charge in [-0.2, -0.15) is 0 Å². The molecular weight excluding hydrogens is 326 g/mol. The van der Waals surface area contributed by atoms with Crippen LogP contribution in [0, 0.1) is 0 Å². The van der Waals surface area contributed by atoms with E-state index in [1.54, 1.807) is 6.20 Å². The van der Waals surface area contributed by atoms with Crippen molar-refractivity contribution in [2.45, 2.75) is 103 Å². The summed E-state index contributed by atoms with van der Waals surface area (Å²) >= 11 is 0. The molecule has 0 aromatic heterocycles. The standard InChI is InChI=1S/C21H39N3O2/c1-3-4-5-6-7-8-9-10-11-12-13-14-15-20-23-16-17-24(20,19(2)22)18-21(25)26/h16-17,19H,3-15,18,22H2,1-2H3/p+1. The van der Waals surface area contributed by atoms with E-state index in [0.717, 1.165) is 18.7 Å². The maximum Gasteiger partial charge on any atom is 0.360 e. The number of amidine groups is 1. The minimum absolute atomic E-state index is 0.0226. The van der Waals surface area contributed by atoms with Gasteiger partial charge in [-0.3, -0.25) is 5.73 Å². The first-order valence-corrected chi connectivity index (χ1v) is 10.6. The minimum Gasteiger partial charge on any atom is -0.477 e. The molecular formula is C21H40N3O2+. The first-order valence-electron chi connectivity index (χ1n) is 10.6. The fourth-order valence-electron chi connectivity index (χ4n) is 3.71. The summed E-state index contributed by atoms with van der Waals surface area (Å²) in [4.78, 5) is 15.6. The lowest BCUT2D eigenvalue weighted by atomic mass is 10.0. The first-order chi connectivity index (χ1) is 12.5. The summed E-state index contributed by atoms with van der Waals surface area (Å²) in [5.41, 5.74) is 6.08. The number of rotatable bonds is 16. The summed E-state index contributed by atoms with van der Waals surface area (Å²) in [5, 5.41) is 9.22. The lowest BCUT2D eigenvalue weighted by Crippen LogP contribution is -2.59. The highest BCUT2D eigenvalue weighted by atomic mass is 16.4. The van der Waals surface area contributed by atoms with Gasteiger partial charge in [-0.05, 0) is 6.42 Å². The van der Waals surface area contributed by atoms with Crippen LogP contribution in [0.25, 0.3) is 0 Å². The van der Waals surface area contributed by atoms with Crippen molar-refractivity contribution in [3.05, 3.63) is 12.4 Å².